The Kier molecular flexibility index (Phi) is 6.40. The lowest BCUT2D eigenvalue weighted by molar-refractivity contribution is -0.385. The lowest BCUT2D eigenvalue weighted by Gasteiger charge is -2.29. The van der Waals surface area contributed by atoms with Crippen molar-refractivity contribution in [2.24, 2.45) is 0 Å². The van der Waals surface area contributed by atoms with Gasteiger partial charge in [0.05, 0.1) is 17.2 Å². The van der Waals surface area contributed by atoms with Crippen molar-refractivity contribution in [3.05, 3.63) is 68.1 Å². The third-order valence-corrected chi connectivity index (χ3v) is 6.20. The second-order valence-electron chi connectivity index (χ2n) is 7.69. The molecule has 1 aliphatic rings. The van der Waals surface area contributed by atoms with Crippen LogP contribution in [0.4, 0.5) is 16.6 Å². The van der Waals surface area contributed by atoms with E-state index < -0.39 is 10.8 Å². The van der Waals surface area contributed by atoms with Crippen LogP contribution in [0.15, 0.2) is 29.9 Å². The minimum Gasteiger partial charge on any atom is -0.333 e. The number of fused-ring (bicyclic) bond motifs is 1. The van der Waals surface area contributed by atoms with Gasteiger partial charge in [0.2, 0.25) is 0 Å². The highest BCUT2D eigenvalue weighted by molar-refractivity contribution is 7.14. The number of ketones is 1. The number of Topliss-reactive ketones (excluding diaryl/α,β-unsaturated/α-hetero) is 1. The summed E-state index contributed by atoms with van der Waals surface area (Å²) < 4.78 is 0. The molecule has 0 saturated heterocycles. The van der Waals surface area contributed by atoms with Gasteiger partial charge in [0.25, 0.3) is 11.6 Å². The monoisotopic (exact) mass is 466 g/mol. The summed E-state index contributed by atoms with van der Waals surface area (Å²) in [5.74, 6) is 0.0886. The number of thiazole rings is 1. The maximum Gasteiger partial charge on any atom is 0.282 e. The molecule has 1 aliphatic heterocycles. The summed E-state index contributed by atoms with van der Waals surface area (Å²) in [7, 11) is 0. The number of nitro groups is 1. The smallest absolute Gasteiger partial charge is 0.282 e. The van der Waals surface area contributed by atoms with Gasteiger partial charge < -0.3 is 10.2 Å². The van der Waals surface area contributed by atoms with Crippen LogP contribution in [-0.2, 0) is 13.0 Å². The summed E-state index contributed by atoms with van der Waals surface area (Å²) in [5, 5.41) is 16.9. The number of aromatic nitrogens is 3. The highest BCUT2D eigenvalue weighted by Gasteiger charge is 2.30. The third kappa shape index (κ3) is 4.58. The van der Waals surface area contributed by atoms with Gasteiger partial charge in [-0.05, 0) is 18.9 Å². The molecule has 10 nitrogen and oxygen atoms in total. The summed E-state index contributed by atoms with van der Waals surface area (Å²) in [4.78, 5) is 50.9. The molecule has 170 valence electrons. The van der Waals surface area contributed by atoms with E-state index in [1.54, 1.807) is 29.3 Å². The van der Waals surface area contributed by atoms with Gasteiger partial charge in [-0.3, -0.25) is 19.7 Å². The Balaban J connectivity index is 1.60. The average molecular weight is 467 g/mol. The zero-order valence-electron chi connectivity index (χ0n) is 18.2. The minimum absolute atomic E-state index is 0.0110. The average Bonchev–Trinajstić information content (AvgIpc) is 3.27. The molecule has 0 spiro atoms. The van der Waals surface area contributed by atoms with E-state index in [9.17, 15) is 19.7 Å². The van der Waals surface area contributed by atoms with E-state index in [1.165, 1.54) is 23.7 Å². The molecule has 0 bridgehead atoms. The van der Waals surface area contributed by atoms with E-state index in [-0.39, 0.29) is 23.6 Å². The molecule has 0 atom stereocenters. The number of hydrogen-bond acceptors (Lipinski definition) is 9. The van der Waals surface area contributed by atoms with Gasteiger partial charge in [-0.1, -0.05) is 19.1 Å². The maximum atomic E-state index is 13.3. The van der Waals surface area contributed by atoms with E-state index in [0.717, 1.165) is 17.7 Å². The normalized spacial score (nSPS) is 12.8. The van der Waals surface area contributed by atoms with Crippen molar-refractivity contribution in [2.75, 3.05) is 11.9 Å². The van der Waals surface area contributed by atoms with Crippen LogP contribution in [0.1, 0.15) is 57.4 Å². The Labute approximate surface area is 193 Å². The van der Waals surface area contributed by atoms with Crippen molar-refractivity contribution in [1.82, 2.24) is 19.9 Å². The van der Waals surface area contributed by atoms with Gasteiger partial charge in [-0.2, -0.15) is 0 Å². The molecule has 1 aromatic carbocycles. The number of aryl methyl sites for hydroxylation is 1. The highest BCUT2D eigenvalue weighted by atomic mass is 32.1. The van der Waals surface area contributed by atoms with Crippen LogP contribution in [0.2, 0.25) is 0 Å². The van der Waals surface area contributed by atoms with Crippen molar-refractivity contribution in [1.29, 1.82) is 0 Å². The molecule has 11 heteroatoms. The van der Waals surface area contributed by atoms with Crippen LogP contribution < -0.4 is 5.32 Å². The molecule has 0 saturated carbocycles. The number of hydrogen-bond donors (Lipinski definition) is 1. The Hall–Kier alpha value is -3.73. The first kappa shape index (κ1) is 22.5. The molecule has 1 amide bonds. The van der Waals surface area contributed by atoms with Gasteiger partial charge in [-0.15, -0.1) is 11.3 Å². The number of carbonyl (C=O) groups excluding carboxylic acids is 2. The van der Waals surface area contributed by atoms with Gasteiger partial charge in [0.15, 0.2) is 10.9 Å². The number of nitrogens with one attached hydrogen (secondary N) is 1. The molecule has 2 aromatic heterocycles. The topological polar surface area (TPSA) is 131 Å². The number of nitro benzene ring substituents is 1. The number of nitrogens with zero attached hydrogens (tertiary/aromatic N) is 5. The first-order valence-corrected chi connectivity index (χ1v) is 11.4. The van der Waals surface area contributed by atoms with Crippen LogP contribution in [0.5, 0.6) is 0 Å². The van der Waals surface area contributed by atoms with Crippen LogP contribution in [-0.4, -0.2) is 43.0 Å². The number of rotatable bonds is 7. The molecular weight excluding hydrogens is 444 g/mol. The fourth-order valence-electron chi connectivity index (χ4n) is 3.78. The standard InChI is InChI=1S/C22H22N6O4S/c1-3-5-18(29)16-11-33-22(25-16)26-20-14-10-27(9-8-15(14)23-12-24-20)21(30)19-13(2)6-4-7-17(19)28(31)32/h4,6-7,11-12H,3,5,8-10H2,1-2H3,(H,23,24,25,26). The van der Waals surface area contributed by atoms with E-state index in [0.29, 0.717) is 41.6 Å². The molecule has 0 radical (unpaired) electrons. The van der Waals surface area contributed by atoms with Crippen LogP contribution in [0, 0.1) is 17.0 Å². The molecule has 0 unspecified atom stereocenters. The minimum atomic E-state index is -0.534. The third-order valence-electron chi connectivity index (χ3n) is 5.44. The summed E-state index contributed by atoms with van der Waals surface area (Å²) in [6.45, 7) is 4.22. The number of benzene rings is 1. The second kappa shape index (κ2) is 9.41. The zero-order chi connectivity index (χ0) is 23.5. The number of anilines is 2. The van der Waals surface area contributed by atoms with Gasteiger partial charge >= 0.3 is 0 Å². The summed E-state index contributed by atoms with van der Waals surface area (Å²) in [6, 6.07) is 4.60. The Morgan fingerprint density at radius 3 is 2.88 bits per heavy atom. The Morgan fingerprint density at radius 1 is 1.30 bits per heavy atom. The molecule has 0 fully saturated rings. The van der Waals surface area contributed by atoms with E-state index in [2.05, 4.69) is 20.3 Å². The van der Waals surface area contributed by atoms with Crippen LogP contribution in [0.3, 0.4) is 0 Å². The van der Waals surface area contributed by atoms with Crippen molar-refractivity contribution in [3.8, 4) is 0 Å². The maximum absolute atomic E-state index is 13.3. The molecule has 33 heavy (non-hydrogen) atoms. The Bertz CT molecular complexity index is 1240. The SMILES string of the molecule is CCCC(=O)c1csc(Nc2ncnc3c2CN(C(=O)c2c(C)cccc2[N+](=O)[O-])CC3)n1. The van der Waals surface area contributed by atoms with E-state index in [4.69, 9.17) is 0 Å². The predicted molar refractivity (Wildman–Crippen MR) is 123 cm³/mol. The van der Waals surface area contributed by atoms with Crippen LogP contribution >= 0.6 is 11.3 Å². The van der Waals surface area contributed by atoms with Crippen molar-refractivity contribution in [2.45, 2.75) is 39.7 Å². The van der Waals surface area contributed by atoms with Crippen molar-refractivity contribution < 1.29 is 14.5 Å². The fraction of sp³-hybridized carbons (Fsp3) is 0.318. The first-order chi connectivity index (χ1) is 15.9. The van der Waals surface area contributed by atoms with E-state index in [1.807, 2.05) is 6.92 Å². The largest absolute Gasteiger partial charge is 0.333 e. The van der Waals surface area contributed by atoms with E-state index >= 15 is 0 Å². The van der Waals surface area contributed by atoms with Gasteiger partial charge in [0.1, 0.15) is 23.4 Å². The fourth-order valence-corrected chi connectivity index (χ4v) is 4.49. The molecule has 4 rings (SSSR count). The lowest BCUT2D eigenvalue weighted by Crippen LogP contribution is -2.37. The van der Waals surface area contributed by atoms with Gasteiger partial charge in [-0.25, -0.2) is 15.0 Å². The summed E-state index contributed by atoms with van der Waals surface area (Å²) >= 11 is 1.30. The van der Waals surface area contributed by atoms with Crippen molar-refractivity contribution >= 4 is 39.7 Å². The second-order valence-corrected chi connectivity index (χ2v) is 8.54. The van der Waals surface area contributed by atoms with Crippen molar-refractivity contribution in [3.63, 3.8) is 0 Å². The predicted octanol–water partition coefficient (Wildman–Crippen LogP) is 4.07. The van der Waals surface area contributed by atoms with Gasteiger partial charge in [0, 0.05) is 36.4 Å². The lowest BCUT2D eigenvalue weighted by atomic mass is 10.0. The number of carbonyl (C=O) groups is 2. The van der Waals surface area contributed by atoms with Crippen LogP contribution in [0.25, 0.3) is 0 Å². The molecule has 0 aliphatic carbocycles. The molecule has 1 N–H and O–H groups in total. The first-order valence-electron chi connectivity index (χ1n) is 10.5. The summed E-state index contributed by atoms with van der Waals surface area (Å²) in [6.07, 6.45) is 3.13. The molecular formula is C22H22N6O4S. The quantitative estimate of drug-likeness (QED) is 0.313. The highest BCUT2D eigenvalue weighted by Crippen LogP contribution is 2.30. The molecule has 3 aromatic rings. The summed E-state index contributed by atoms with van der Waals surface area (Å²) in [5.41, 5.74) is 2.38. The molecule has 3 heterocycles. The number of amides is 1. The Morgan fingerprint density at radius 2 is 2.12 bits per heavy atom. The zero-order valence-corrected chi connectivity index (χ0v) is 19.0.